The maximum atomic E-state index is 11.5. The molecule has 0 radical (unpaired) electrons. The third-order valence-corrected chi connectivity index (χ3v) is 2.73. The largest absolute Gasteiger partial charge is 0.383 e. The van der Waals surface area contributed by atoms with Crippen molar-refractivity contribution in [3.8, 4) is 0 Å². The van der Waals surface area contributed by atoms with Crippen molar-refractivity contribution in [2.75, 3.05) is 44.0 Å². The first kappa shape index (κ1) is 17.2. The van der Waals surface area contributed by atoms with Crippen LogP contribution in [-0.4, -0.2) is 49.2 Å². The molecule has 0 aromatic carbocycles. The number of aromatic nitrogens is 2. The smallest absolute Gasteiger partial charge is 0.221 e. The van der Waals surface area contributed by atoms with E-state index in [9.17, 15) is 4.79 Å². The van der Waals surface area contributed by atoms with Crippen molar-refractivity contribution in [3.05, 3.63) is 11.9 Å². The van der Waals surface area contributed by atoms with Gasteiger partial charge in [-0.15, -0.1) is 0 Å². The molecule has 7 heteroatoms. The molecule has 21 heavy (non-hydrogen) atoms. The predicted molar refractivity (Wildman–Crippen MR) is 83.6 cm³/mol. The Bertz CT molecular complexity index is 439. The van der Waals surface area contributed by atoms with Crippen LogP contribution in [0.3, 0.4) is 0 Å². The molecule has 118 valence electrons. The van der Waals surface area contributed by atoms with Gasteiger partial charge in [0.15, 0.2) is 0 Å². The average Bonchev–Trinajstić information content (AvgIpc) is 2.47. The van der Waals surface area contributed by atoms with Crippen LogP contribution in [0.2, 0.25) is 0 Å². The minimum Gasteiger partial charge on any atom is -0.383 e. The Morgan fingerprint density at radius 2 is 1.90 bits per heavy atom. The molecule has 0 atom stereocenters. The maximum absolute atomic E-state index is 11.5. The molecule has 1 aromatic rings. The fourth-order valence-electron chi connectivity index (χ4n) is 1.70. The molecule has 0 spiro atoms. The van der Waals surface area contributed by atoms with Gasteiger partial charge in [0.2, 0.25) is 5.91 Å². The predicted octanol–water partition coefficient (Wildman–Crippen LogP) is 1.04. The van der Waals surface area contributed by atoms with Gasteiger partial charge in [-0.05, 0) is 6.92 Å². The number of aryl methyl sites for hydroxylation is 1. The summed E-state index contributed by atoms with van der Waals surface area (Å²) >= 11 is 0. The van der Waals surface area contributed by atoms with Gasteiger partial charge in [0.1, 0.15) is 17.5 Å². The molecular weight excluding hydrogens is 270 g/mol. The molecule has 1 heterocycles. The Labute approximate surface area is 125 Å². The number of nitrogens with one attached hydrogen (secondary N) is 3. The van der Waals surface area contributed by atoms with Crippen LogP contribution in [0, 0.1) is 0 Å². The monoisotopic (exact) mass is 295 g/mol. The second-order valence-corrected chi connectivity index (χ2v) is 4.46. The number of carbonyl (C=O) groups is 1. The van der Waals surface area contributed by atoms with Crippen LogP contribution in [0.5, 0.6) is 0 Å². The van der Waals surface area contributed by atoms with E-state index in [1.165, 1.54) is 0 Å². The summed E-state index contributed by atoms with van der Waals surface area (Å²) in [6, 6.07) is 1.85. The van der Waals surface area contributed by atoms with Crippen molar-refractivity contribution in [2.24, 2.45) is 0 Å². The summed E-state index contributed by atoms with van der Waals surface area (Å²) in [6.45, 7) is 6.43. The van der Waals surface area contributed by atoms with Crippen LogP contribution in [0.15, 0.2) is 6.07 Å². The standard InChI is InChI=1S/C14H25N5O2/c1-4-11-18-12(15-5-2)10-13(19-11)16-7-6-14(20)17-8-9-21-3/h10H,4-9H2,1-3H3,(H,17,20)(H2,15,16,18,19). The molecule has 1 aromatic heterocycles. The van der Waals surface area contributed by atoms with Gasteiger partial charge in [-0.2, -0.15) is 0 Å². The van der Waals surface area contributed by atoms with Gasteiger partial charge in [0.05, 0.1) is 6.61 Å². The van der Waals surface area contributed by atoms with E-state index in [1.54, 1.807) is 7.11 Å². The summed E-state index contributed by atoms with van der Waals surface area (Å²) in [5.41, 5.74) is 0. The zero-order valence-electron chi connectivity index (χ0n) is 13.0. The molecule has 3 N–H and O–H groups in total. The quantitative estimate of drug-likeness (QED) is 0.559. The van der Waals surface area contributed by atoms with Gasteiger partial charge >= 0.3 is 0 Å². The molecule has 7 nitrogen and oxygen atoms in total. The van der Waals surface area contributed by atoms with Crippen LogP contribution in [0.4, 0.5) is 11.6 Å². The minimum absolute atomic E-state index is 0.00349. The number of ether oxygens (including phenoxy) is 1. The number of amides is 1. The number of carbonyl (C=O) groups excluding carboxylic acids is 1. The average molecular weight is 295 g/mol. The van der Waals surface area contributed by atoms with Crippen LogP contribution in [-0.2, 0) is 16.0 Å². The Kier molecular flexibility index (Phi) is 8.11. The lowest BCUT2D eigenvalue weighted by molar-refractivity contribution is -0.121. The third-order valence-electron chi connectivity index (χ3n) is 2.73. The molecule has 0 aliphatic heterocycles. The lowest BCUT2D eigenvalue weighted by Crippen LogP contribution is -2.28. The van der Waals surface area contributed by atoms with E-state index in [2.05, 4.69) is 25.9 Å². The molecule has 1 rings (SSSR count). The highest BCUT2D eigenvalue weighted by molar-refractivity contribution is 5.76. The van der Waals surface area contributed by atoms with Gasteiger partial charge in [-0.1, -0.05) is 6.92 Å². The van der Waals surface area contributed by atoms with Crippen molar-refractivity contribution < 1.29 is 9.53 Å². The molecule has 0 unspecified atom stereocenters. The van der Waals surface area contributed by atoms with E-state index in [0.717, 1.165) is 30.4 Å². The zero-order valence-corrected chi connectivity index (χ0v) is 13.0. The molecule has 0 saturated carbocycles. The van der Waals surface area contributed by atoms with Gasteiger partial charge < -0.3 is 20.7 Å². The number of rotatable bonds is 10. The maximum Gasteiger partial charge on any atom is 0.221 e. The number of nitrogens with zero attached hydrogens (tertiary/aromatic N) is 2. The van der Waals surface area contributed by atoms with E-state index in [0.29, 0.717) is 26.1 Å². The van der Waals surface area contributed by atoms with Crippen LogP contribution < -0.4 is 16.0 Å². The molecule has 0 saturated heterocycles. The van der Waals surface area contributed by atoms with E-state index in [4.69, 9.17) is 4.74 Å². The molecule has 0 bridgehead atoms. The SMILES string of the molecule is CCNc1cc(NCCC(=O)NCCOC)nc(CC)n1. The van der Waals surface area contributed by atoms with Gasteiger partial charge in [0, 0.05) is 45.7 Å². The first-order chi connectivity index (χ1) is 10.2. The van der Waals surface area contributed by atoms with E-state index in [-0.39, 0.29) is 5.91 Å². The molecule has 0 fully saturated rings. The van der Waals surface area contributed by atoms with Crippen LogP contribution in [0.1, 0.15) is 26.1 Å². The summed E-state index contributed by atoms with van der Waals surface area (Å²) in [5, 5.41) is 9.10. The first-order valence-electron chi connectivity index (χ1n) is 7.30. The van der Waals surface area contributed by atoms with Crippen molar-refractivity contribution in [1.29, 1.82) is 0 Å². The molecule has 1 amide bonds. The summed E-state index contributed by atoms with van der Waals surface area (Å²) in [7, 11) is 1.61. The van der Waals surface area contributed by atoms with Gasteiger partial charge in [-0.3, -0.25) is 4.79 Å². The van der Waals surface area contributed by atoms with Crippen LogP contribution in [0.25, 0.3) is 0 Å². The highest BCUT2D eigenvalue weighted by Crippen LogP contribution is 2.11. The third kappa shape index (κ3) is 6.89. The second-order valence-electron chi connectivity index (χ2n) is 4.46. The van der Waals surface area contributed by atoms with Crippen molar-refractivity contribution in [3.63, 3.8) is 0 Å². The fourth-order valence-corrected chi connectivity index (χ4v) is 1.70. The van der Waals surface area contributed by atoms with Gasteiger partial charge in [0.25, 0.3) is 0 Å². The van der Waals surface area contributed by atoms with Crippen molar-refractivity contribution in [2.45, 2.75) is 26.7 Å². The van der Waals surface area contributed by atoms with E-state index in [1.807, 2.05) is 19.9 Å². The highest BCUT2D eigenvalue weighted by atomic mass is 16.5. The number of methoxy groups -OCH3 is 1. The topological polar surface area (TPSA) is 88.2 Å². The molecule has 0 aliphatic rings. The van der Waals surface area contributed by atoms with E-state index < -0.39 is 0 Å². The summed E-state index contributed by atoms with van der Waals surface area (Å²) in [4.78, 5) is 20.3. The lowest BCUT2D eigenvalue weighted by atomic mass is 10.3. The lowest BCUT2D eigenvalue weighted by Gasteiger charge is -2.10. The Balaban J connectivity index is 2.43. The molecule has 0 aliphatic carbocycles. The minimum atomic E-state index is -0.00349. The number of hydrogen-bond donors (Lipinski definition) is 3. The van der Waals surface area contributed by atoms with Crippen molar-refractivity contribution in [1.82, 2.24) is 15.3 Å². The second kappa shape index (κ2) is 9.93. The normalized spacial score (nSPS) is 10.2. The Morgan fingerprint density at radius 1 is 1.19 bits per heavy atom. The number of anilines is 2. The fraction of sp³-hybridized carbons (Fsp3) is 0.643. The Hall–Kier alpha value is -1.89. The zero-order chi connectivity index (χ0) is 15.5. The van der Waals surface area contributed by atoms with Gasteiger partial charge in [-0.25, -0.2) is 9.97 Å². The van der Waals surface area contributed by atoms with Crippen molar-refractivity contribution >= 4 is 17.5 Å². The Morgan fingerprint density at radius 3 is 2.52 bits per heavy atom. The summed E-state index contributed by atoms with van der Waals surface area (Å²) in [5.74, 6) is 2.32. The first-order valence-corrected chi connectivity index (χ1v) is 7.30. The number of hydrogen-bond acceptors (Lipinski definition) is 6. The van der Waals surface area contributed by atoms with E-state index >= 15 is 0 Å². The molecular formula is C14H25N5O2. The highest BCUT2D eigenvalue weighted by Gasteiger charge is 2.04. The summed E-state index contributed by atoms with van der Waals surface area (Å²) in [6.07, 6.45) is 1.16. The van der Waals surface area contributed by atoms with Crippen LogP contribution >= 0.6 is 0 Å². The summed E-state index contributed by atoms with van der Waals surface area (Å²) < 4.78 is 4.87.